The van der Waals surface area contributed by atoms with Gasteiger partial charge in [0.25, 0.3) is 11.6 Å². The number of non-ortho nitro benzene ring substituents is 1. The third-order valence-corrected chi connectivity index (χ3v) is 4.63. The van der Waals surface area contributed by atoms with Crippen LogP contribution < -0.4 is 10.1 Å². The summed E-state index contributed by atoms with van der Waals surface area (Å²) in [5, 5.41) is 13.4. The summed E-state index contributed by atoms with van der Waals surface area (Å²) in [5.41, 5.74) is -0.00103. The minimum absolute atomic E-state index is 0.00103. The minimum Gasteiger partial charge on any atom is -0.484 e. The van der Waals surface area contributed by atoms with Gasteiger partial charge in [0, 0.05) is 24.7 Å². The molecule has 138 valence electrons. The number of nitro benzene ring substituents is 1. The molecule has 0 spiro atoms. The van der Waals surface area contributed by atoms with Gasteiger partial charge in [-0.05, 0) is 45.0 Å². The molecule has 1 saturated carbocycles. The van der Waals surface area contributed by atoms with Gasteiger partial charge in [0.05, 0.1) is 4.92 Å². The number of benzene rings is 1. The fraction of sp³-hybridized carbons (Fsp3) is 0.611. The number of nitrogens with zero attached hydrogens (tertiary/aromatic N) is 2. The molecule has 7 heteroatoms. The molecule has 0 radical (unpaired) electrons. The first-order valence-electron chi connectivity index (χ1n) is 8.90. The smallest absolute Gasteiger partial charge is 0.269 e. The molecule has 1 fully saturated rings. The molecule has 1 N–H and O–H groups in total. The molecule has 2 rings (SSSR count). The molecule has 1 amide bonds. The molecule has 1 aromatic carbocycles. The molecule has 7 nitrogen and oxygen atoms in total. The van der Waals surface area contributed by atoms with Gasteiger partial charge in [-0.2, -0.15) is 0 Å². The lowest BCUT2D eigenvalue weighted by atomic mass is 9.94. The first kappa shape index (κ1) is 19.2. The number of amides is 1. The quantitative estimate of drug-likeness (QED) is 0.421. The molecule has 0 heterocycles. The molecule has 1 aliphatic rings. The summed E-state index contributed by atoms with van der Waals surface area (Å²) in [6.45, 7) is 1.52. The molecule has 0 aliphatic heterocycles. The number of rotatable bonds is 9. The Labute approximate surface area is 148 Å². The Bertz CT molecular complexity index is 556. The predicted octanol–water partition coefficient (Wildman–Crippen LogP) is 2.74. The van der Waals surface area contributed by atoms with Crippen LogP contribution in [0.1, 0.15) is 38.5 Å². The predicted molar refractivity (Wildman–Crippen MR) is 95.7 cm³/mol. The van der Waals surface area contributed by atoms with Crippen LogP contribution in [0.15, 0.2) is 24.3 Å². The minimum atomic E-state index is -0.471. The van der Waals surface area contributed by atoms with Gasteiger partial charge in [-0.1, -0.05) is 19.3 Å². The second-order valence-electron chi connectivity index (χ2n) is 6.52. The molecule has 1 aromatic rings. The van der Waals surface area contributed by atoms with Gasteiger partial charge in [-0.15, -0.1) is 0 Å². The highest BCUT2D eigenvalue weighted by Gasteiger charge is 2.17. The van der Waals surface area contributed by atoms with Crippen molar-refractivity contribution in [3.8, 4) is 5.75 Å². The maximum Gasteiger partial charge on any atom is 0.269 e. The first-order chi connectivity index (χ1) is 12.1. The summed E-state index contributed by atoms with van der Waals surface area (Å²) in [4.78, 5) is 24.3. The Morgan fingerprint density at radius 1 is 1.28 bits per heavy atom. The Morgan fingerprint density at radius 3 is 2.60 bits per heavy atom. The van der Waals surface area contributed by atoms with Gasteiger partial charge < -0.3 is 15.0 Å². The van der Waals surface area contributed by atoms with Crippen LogP contribution in [0.25, 0.3) is 0 Å². The highest BCUT2D eigenvalue weighted by molar-refractivity contribution is 5.77. The monoisotopic (exact) mass is 349 g/mol. The van der Waals surface area contributed by atoms with E-state index < -0.39 is 4.92 Å². The van der Waals surface area contributed by atoms with Gasteiger partial charge in [-0.25, -0.2) is 0 Å². The van der Waals surface area contributed by atoms with Crippen molar-refractivity contribution in [2.45, 2.75) is 44.6 Å². The van der Waals surface area contributed by atoms with Crippen molar-refractivity contribution < 1.29 is 14.5 Å². The van der Waals surface area contributed by atoms with E-state index in [-0.39, 0.29) is 18.2 Å². The number of hydrogen-bond acceptors (Lipinski definition) is 5. The van der Waals surface area contributed by atoms with Gasteiger partial charge in [0.15, 0.2) is 6.61 Å². The number of hydrogen-bond donors (Lipinski definition) is 1. The largest absolute Gasteiger partial charge is 0.484 e. The number of nitrogens with one attached hydrogen (secondary N) is 1. The van der Waals surface area contributed by atoms with E-state index in [2.05, 4.69) is 17.3 Å². The van der Waals surface area contributed by atoms with E-state index in [9.17, 15) is 14.9 Å². The summed E-state index contributed by atoms with van der Waals surface area (Å²) in [7, 11) is 2.16. The number of nitro groups is 1. The van der Waals surface area contributed by atoms with E-state index >= 15 is 0 Å². The average Bonchev–Trinajstić information content (AvgIpc) is 2.64. The number of carbonyl (C=O) groups excluding carboxylic acids is 1. The van der Waals surface area contributed by atoms with Crippen LogP contribution in [0.5, 0.6) is 5.75 Å². The Balaban J connectivity index is 1.58. The van der Waals surface area contributed by atoms with Crippen LogP contribution in [0, 0.1) is 10.1 Å². The first-order valence-corrected chi connectivity index (χ1v) is 8.90. The summed E-state index contributed by atoms with van der Waals surface area (Å²) in [5.74, 6) is 0.261. The van der Waals surface area contributed by atoms with Crippen LogP contribution in [-0.2, 0) is 4.79 Å². The second kappa shape index (κ2) is 9.98. The molecule has 0 atom stereocenters. The van der Waals surface area contributed by atoms with Crippen LogP contribution in [0.2, 0.25) is 0 Å². The topological polar surface area (TPSA) is 84.7 Å². The van der Waals surface area contributed by atoms with Crippen molar-refractivity contribution in [1.82, 2.24) is 10.2 Å². The molecule has 0 aromatic heterocycles. The standard InChI is InChI=1S/C18H27N3O4/c1-20(15-6-3-2-4-7-15)13-5-12-19-18(22)14-25-17-10-8-16(9-11-17)21(23)24/h8-11,15H,2-7,12-14H2,1H3,(H,19,22). The highest BCUT2D eigenvalue weighted by Crippen LogP contribution is 2.21. The zero-order valence-electron chi connectivity index (χ0n) is 14.8. The van der Waals surface area contributed by atoms with Gasteiger partial charge in [0.2, 0.25) is 0 Å². The molecular weight excluding hydrogens is 322 g/mol. The Kier molecular flexibility index (Phi) is 7.66. The summed E-state index contributed by atoms with van der Waals surface area (Å²) in [6.07, 6.45) is 7.49. The van der Waals surface area contributed by atoms with Gasteiger partial charge in [-0.3, -0.25) is 14.9 Å². The lowest BCUT2D eigenvalue weighted by Crippen LogP contribution is -2.36. The van der Waals surface area contributed by atoms with Crippen molar-refractivity contribution in [2.24, 2.45) is 0 Å². The van der Waals surface area contributed by atoms with Crippen molar-refractivity contribution in [1.29, 1.82) is 0 Å². The van der Waals surface area contributed by atoms with Crippen molar-refractivity contribution in [3.63, 3.8) is 0 Å². The summed E-state index contributed by atoms with van der Waals surface area (Å²) < 4.78 is 5.33. The maximum absolute atomic E-state index is 11.8. The van der Waals surface area contributed by atoms with Crippen molar-refractivity contribution in [3.05, 3.63) is 34.4 Å². The van der Waals surface area contributed by atoms with E-state index in [4.69, 9.17) is 4.74 Å². The SMILES string of the molecule is CN(CCCNC(=O)COc1ccc([N+](=O)[O-])cc1)C1CCCCC1. The molecule has 0 bridgehead atoms. The third-order valence-electron chi connectivity index (χ3n) is 4.63. The van der Waals surface area contributed by atoms with Gasteiger partial charge in [0.1, 0.15) is 5.75 Å². The number of carbonyl (C=O) groups is 1. The Hall–Kier alpha value is -2.15. The molecule has 0 saturated heterocycles. The van der Waals surface area contributed by atoms with E-state index in [1.54, 1.807) is 0 Å². The lowest BCUT2D eigenvalue weighted by Gasteiger charge is -2.31. The zero-order chi connectivity index (χ0) is 18.1. The van der Waals surface area contributed by atoms with Crippen molar-refractivity contribution in [2.75, 3.05) is 26.7 Å². The Morgan fingerprint density at radius 2 is 1.96 bits per heavy atom. The van der Waals surface area contributed by atoms with Crippen molar-refractivity contribution >= 4 is 11.6 Å². The highest BCUT2D eigenvalue weighted by atomic mass is 16.6. The lowest BCUT2D eigenvalue weighted by molar-refractivity contribution is -0.384. The van der Waals surface area contributed by atoms with Crippen LogP contribution in [-0.4, -0.2) is 48.5 Å². The van der Waals surface area contributed by atoms with E-state index in [1.165, 1.54) is 56.4 Å². The molecule has 25 heavy (non-hydrogen) atoms. The average molecular weight is 349 g/mol. The molecule has 0 unspecified atom stereocenters. The fourth-order valence-electron chi connectivity index (χ4n) is 3.12. The summed E-state index contributed by atoms with van der Waals surface area (Å²) in [6, 6.07) is 6.38. The fourth-order valence-corrected chi connectivity index (χ4v) is 3.12. The molecule has 1 aliphatic carbocycles. The summed E-state index contributed by atoms with van der Waals surface area (Å²) >= 11 is 0. The molecular formula is C18H27N3O4. The number of ether oxygens (including phenoxy) is 1. The van der Waals surface area contributed by atoms with Gasteiger partial charge >= 0.3 is 0 Å². The van der Waals surface area contributed by atoms with E-state index in [0.717, 1.165) is 13.0 Å². The van der Waals surface area contributed by atoms with E-state index in [0.29, 0.717) is 18.3 Å². The normalized spacial score (nSPS) is 15.1. The zero-order valence-corrected chi connectivity index (χ0v) is 14.8. The van der Waals surface area contributed by atoms with Crippen LogP contribution >= 0.6 is 0 Å². The van der Waals surface area contributed by atoms with Crippen LogP contribution in [0.3, 0.4) is 0 Å². The van der Waals surface area contributed by atoms with E-state index in [1.807, 2.05) is 0 Å². The maximum atomic E-state index is 11.8. The second-order valence-corrected chi connectivity index (χ2v) is 6.52. The van der Waals surface area contributed by atoms with Crippen LogP contribution in [0.4, 0.5) is 5.69 Å². The third kappa shape index (κ3) is 6.70.